The minimum Gasteiger partial charge on any atom is -0.301 e. The van der Waals surface area contributed by atoms with Gasteiger partial charge in [0.25, 0.3) is 0 Å². The summed E-state index contributed by atoms with van der Waals surface area (Å²) in [6.07, 6.45) is 2.02. The number of amides is 1. The van der Waals surface area contributed by atoms with E-state index in [1.54, 1.807) is 0 Å². The van der Waals surface area contributed by atoms with Crippen molar-refractivity contribution < 1.29 is 22.0 Å². The van der Waals surface area contributed by atoms with Gasteiger partial charge in [-0.25, -0.2) is 22.2 Å². The standard InChI is InChI=1S/C18H17F2N3O3S3/c1-27-9-8-14(23-29(25,26)16-5-3-2-4-12(16)20)17(24)22-18-21-13-7-6-11(19)10-15(13)28-18/h2-7,10,14,23H,8-9H2,1H3,(H,21,22,24)/t14-/m1/s1. The molecule has 0 radical (unpaired) electrons. The Kier molecular flexibility index (Phi) is 6.83. The number of carbonyl (C=O) groups is 1. The molecule has 0 unspecified atom stereocenters. The molecule has 6 nitrogen and oxygen atoms in total. The molecule has 0 saturated heterocycles. The van der Waals surface area contributed by atoms with Crippen LogP contribution >= 0.6 is 23.1 Å². The van der Waals surface area contributed by atoms with Gasteiger partial charge in [0.1, 0.15) is 22.6 Å². The fourth-order valence-electron chi connectivity index (χ4n) is 2.54. The molecule has 0 fully saturated rings. The summed E-state index contributed by atoms with van der Waals surface area (Å²) in [5.74, 6) is -1.45. The van der Waals surface area contributed by atoms with E-state index in [4.69, 9.17) is 0 Å². The zero-order valence-electron chi connectivity index (χ0n) is 15.2. The van der Waals surface area contributed by atoms with Gasteiger partial charge in [-0.1, -0.05) is 23.5 Å². The second-order valence-electron chi connectivity index (χ2n) is 6.01. The topological polar surface area (TPSA) is 88.2 Å². The van der Waals surface area contributed by atoms with Gasteiger partial charge < -0.3 is 5.32 Å². The molecule has 2 N–H and O–H groups in total. The van der Waals surface area contributed by atoms with Crippen LogP contribution in [0.4, 0.5) is 13.9 Å². The van der Waals surface area contributed by atoms with Crippen LogP contribution in [0.15, 0.2) is 47.4 Å². The van der Waals surface area contributed by atoms with E-state index in [0.29, 0.717) is 16.0 Å². The summed E-state index contributed by atoms with van der Waals surface area (Å²) >= 11 is 2.51. The lowest BCUT2D eigenvalue weighted by atomic mass is 10.2. The number of thioether (sulfide) groups is 1. The van der Waals surface area contributed by atoms with Gasteiger partial charge in [0.2, 0.25) is 15.9 Å². The third-order valence-corrected chi connectivity index (χ3v) is 7.01. The van der Waals surface area contributed by atoms with Crippen molar-refractivity contribution in [3.8, 4) is 0 Å². The van der Waals surface area contributed by atoms with E-state index in [1.807, 2.05) is 6.26 Å². The van der Waals surface area contributed by atoms with Crippen LogP contribution < -0.4 is 10.0 Å². The van der Waals surface area contributed by atoms with Crippen LogP contribution in [0.2, 0.25) is 0 Å². The fraction of sp³-hybridized carbons (Fsp3) is 0.222. The molecule has 1 heterocycles. The Bertz CT molecular complexity index is 1140. The zero-order valence-corrected chi connectivity index (χ0v) is 17.6. The van der Waals surface area contributed by atoms with Crippen LogP contribution in [-0.4, -0.2) is 37.4 Å². The van der Waals surface area contributed by atoms with Crippen molar-refractivity contribution >= 4 is 54.4 Å². The number of aromatic nitrogens is 1. The number of nitrogens with one attached hydrogen (secondary N) is 2. The van der Waals surface area contributed by atoms with E-state index in [-0.39, 0.29) is 11.6 Å². The fourth-order valence-corrected chi connectivity index (χ4v) is 5.21. The highest BCUT2D eigenvalue weighted by Crippen LogP contribution is 2.26. The zero-order chi connectivity index (χ0) is 21.0. The Balaban J connectivity index is 1.81. The smallest absolute Gasteiger partial charge is 0.244 e. The van der Waals surface area contributed by atoms with Crippen molar-refractivity contribution in [1.82, 2.24) is 9.71 Å². The first-order valence-electron chi connectivity index (χ1n) is 8.43. The van der Waals surface area contributed by atoms with Gasteiger partial charge >= 0.3 is 0 Å². The van der Waals surface area contributed by atoms with E-state index in [2.05, 4.69) is 15.0 Å². The van der Waals surface area contributed by atoms with Crippen LogP contribution in [-0.2, 0) is 14.8 Å². The van der Waals surface area contributed by atoms with Crippen molar-refractivity contribution in [3.63, 3.8) is 0 Å². The van der Waals surface area contributed by atoms with Gasteiger partial charge in [-0.05, 0) is 48.8 Å². The highest BCUT2D eigenvalue weighted by atomic mass is 32.2. The summed E-state index contributed by atoms with van der Waals surface area (Å²) in [7, 11) is -4.25. The Morgan fingerprint density at radius 2 is 2.00 bits per heavy atom. The molecule has 3 rings (SSSR count). The van der Waals surface area contributed by atoms with Crippen molar-refractivity contribution in [1.29, 1.82) is 0 Å². The van der Waals surface area contributed by atoms with E-state index in [0.717, 1.165) is 23.5 Å². The second-order valence-corrected chi connectivity index (χ2v) is 9.70. The molecule has 0 spiro atoms. The van der Waals surface area contributed by atoms with Crippen LogP contribution in [0, 0.1) is 11.6 Å². The van der Waals surface area contributed by atoms with Crippen molar-refractivity contribution in [2.75, 3.05) is 17.3 Å². The first kappa shape index (κ1) is 21.6. The number of halogens is 2. The van der Waals surface area contributed by atoms with E-state index in [1.165, 1.54) is 42.1 Å². The molecule has 0 saturated carbocycles. The molecule has 1 aromatic heterocycles. The van der Waals surface area contributed by atoms with E-state index < -0.39 is 38.5 Å². The molecule has 154 valence electrons. The maximum absolute atomic E-state index is 13.9. The average Bonchev–Trinajstić information content (AvgIpc) is 3.06. The Morgan fingerprint density at radius 3 is 2.72 bits per heavy atom. The molecule has 11 heteroatoms. The van der Waals surface area contributed by atoms with Crippen LogP contribution in [0.5, 0.6) is 0 Å². The average molecular weight is 458 g/mol. The third-order valence-electron chi connectivity index (χ3n) is 3.93. The predicted octanol–water partition coefficient (Wildman–Crippen LogP) is 3.61. The highest BCUT2D eigenvalue weighted by molar-refractivity contribution is 7.98. The molecule has 1 amide bonds. The number of sulfonamides is 1. The van der Waals surface area contributed by atoms with Gasteiger partial charge in [0.15, 0.2) is 5.13 Å². The number of fused-ring (bicyclic) bond motifs is 1. The number of carbonyl (C=O) groups excluding carboxylic acids is 1. The number of hydrogen-bond acceptors (Lipinski definition) is 6. The second kappa shape index (κ2) is 9.16. The summed E-state index contributed by atoms with van der Waals surface area (Å²) in [6, 6.07) is 7.86. The molecule has 0 bridgehead atoms. The molecule has 3 aromatic rings. The maximum Gasteiger partial charge on any atom is 0.244 e. The monoisotopic (exact) mass is 457 g/mol. The Hall–Kier alpha value is -2.08. The Morgan fingerprint density at radius 1 is 1.24 bits per heavy atom. The Labute approximate surface area is 174 Å². The first-order valence-corrected chi connectivity index (χ1v) is 12.1. The molecule has 0 aliphatic heterocycles. The van der Waals surface area contributed by atoms with Gasteiger partial charge in [0, 0.05) is 0 Å². The number of benzene rings is 2. The summed E-state index contributed by atoms with van der Waals surface area (Å²) in [5.41, 5.74) is 0.513. The lowest BCUT2D eigenvalue weighted by Gasteiger charge is -2.17. The van der Waals surface area contributed by atoms with Crippen molar-refractivity contribution in [3.05, 3.63) is 54.1 Å². The van der Waals surface area contributed by atoms with Gasteiger partial charge in [-0.3, -0.25) is 4.79 Å². The molecule has 1 atom stereocenters. The van der Waals surface area contributed by atoms with Crippen LogP contribution in [0.3, 0.4) is 0 Å². The molecule has 0 aliphatic rings. The van der Waals surface area contributed by atoms with Crippen molar-refractivity contribution in [2.45, 2.75) is 17.4 Å². The minimum absolute atomic E-state index is 0.195. The summed E-state index contributed by atoms with van der Waals surface area (Å²) in [5, 5.41) is 2.78. The molecule has 29 heavy (non-hydrogen) atoms. The quantitative estimate of drug-likeness (QED) is 0.540. The third kappa shape index (κ3) is 5.30. The van der Waals surface area contributed by atoms with Gasteiger partial charge in [-0.15, -0.1) is 0 Å². The molecule has 2 aromatic carbocycles. The number of thiazole rings is 1. The maximum atomic E-state index is 13.9. The number of rotatable bonds is 8. The summed E-state index contributed by atoms with van der Waals surface area (Å²) < 4.78 is 55.2. The van der Waals surface area contributed by atoms with Gasteiger partial charge in [-0.2, -0.15) is 16.5 Å². The molecular weight excluding hydrogens is 440 g/mol. The largest absolute Gasteiger partial charge is 0.301 e. The normalized spacial score (nSPS) is 12.8. The lowest BCUT2D eigenvalue weighted by molar-refractivity contribution is -0.117. The van der Waals surface area contributed by atoms with E-state index in [9.17, 15) is 22.0 Å². The van der Waals surface area contributed by atoms with Gasteiger partial charge in [0.05, 0.1) is 10.2 Å². The SMILES string of the molecule is CSCC[C@@H](NS(=O)(=O)c1ccccc1F)C(=O)Nc1nc2ccc(F)cc2s1. The number of anilines is 1. The number of hydrogen-bond donors (Lipinski definition) is 2. The predicted molar refractivity (Wildman–Crippen MR) is 112 cm³/mol. The van der Waals surface area contributed by atoms with Crippen LogP contribution in [0.1, 0.15) is 6.42 Å². The molecular formula is C18H17F2N3O3S3. The van der Waals surface area contributed by atoms with E-state index >= 15 is 0 Å². The number of nitrogens with zero attached hydrogens (tertiary/aromatic N) is 1. The minimum atomic E-state index is -4.25. The molecule has 0 aliphatic carbocycles. The first-order chi connectivity index (χ1) is 13.8. The van der Waals surface area contributed by atoms with Crippen LogP contribution in [0.25, 0.3) is 10.2 Å². The summed E-state index contributed by atoms with van der Waals surface area (Å²) in [6.45, 7) is 0. The van der Waals surface area contributed by atoms with Crippen molar-refractivity contribution in [2.24, 2.45) is 0 Å². The summed E-state index contributed by atoms with van der Waals surface area (Å²) in [4.78, 5) is 16.4. The lowest BCUT2D eigenvalue weighted by Crippen LogP contribution is -2.44. The highest BCUT2D eigenvalue weighted by Gasteiger charge is 2.28.